The molecule has 0 aromatic heterocycles. The molecule has 8 rings (SSSR count). The summed E-state index contributed by atoms with van der Waals surface area (Å²) in [5, 5.41) is 23.7. The molecular formula is C30H38N2O4. The molecule has 2 saturated heterocycles. The summed E-state index contributed by atoms with van der Waals surface area (Å²) in [5.74, 6) is 1.75. The van der Waals surface area contributed by atoms with Crippen molar-refractivity contribution >= 4 is 5.91 Å². The lowest BCUT2D eigenvalue weighted by Crippen LogP contribution is -2.78. The Morgan fingerprint density at radius 2 is 1.92 bits per heavy atom. The number of amides is 1. The van der Waals surface area contributed by atoms with Crippen LogP contribution in [-0.4, -0.2) is 69.8 Å². The topological polar surface area (TPSA) is 73.2 Å². The lowest BCUT2D eigenvalue weighted by Gasteiger charge is -2.68. The minimum Gasteiger partial charge on any atom is -0.504 e. The Bertz CT molecular complexity index is 1170. The molecule has 2 bridgehead atoms. The van der Waals surface area contributed by atoms with E-state index in [1.54, 1.807) is 6.07 Å². The van der Waals surface area contributed by atoms with Crippen LogP contribution >= 0.6 is 0 Å². The molecule has 7 aliphatic rings. The third-order valence-corrected chi connectivity index (χ3v) is 11.4. The van der Waals surface area contributed by atoms with Crippen molar-refractivity contribution in [1.82, 2.24) is 9.80 Å². The zero-order valence-electron chi connectivity index (χ0n) is 21.2. The summed E-state index contributed by atoms with van der Waals surface area (Å²) in [5.41, 5.74) is 1.96. The number of benzene rings is 1. The number of hydrogen-bond acceptors (Lipinski definition) is 5. The SMILES string of the molecule is O=C(/C=C1\CC[C@]12CC[C@@]1(O)[C@H]3Cc4ccc(O)c5c4[C@@]1(CCN3CC1CC1)[C@H]2O5)N1CCCCC1. The van der Waals surface area contributed by atoms with Crippen LogP contribution in [0.15, 0.2) is 23.8 Å². The first-order valence-corrected chi connectivity index (χ1v) is 14.4. The van der Waals surface area contributed by atoms with Gasteiger partial charge in [-0.2, -0.15) is 0 Å². The second kappa shape index (κ2) is 7.28. The van der Waals surface area contributed by atoms with E-state index in [-0.39, 0.29) is 29.2 Å². The second-order valence-corrected chi connectivity index (χ2v) is 13.0. The minimum atomic E-state index is -0.861. The van der Waals surface area contributed by atoms with Crippen LogP contribution in [-0.2, 0) is 16.6 Å². The maximum absolute atomic E-state index is 13.3. The third-order valence-electron chi connectivity index (χ3n) is 11.4. The molecule has 0 radical (unpaired) electrons. The number of nitrogens with zero attached hydrogens (tertiary/aromatic N) is 2. The van der Waals surface area contributed by atoms with Gasteiger partial charge in [-0.3, -0.25) is 9.69 Å². The highest BCUT2D eigenvalue weighted by Crippen LogP contribution is 2.72. The quantitative estimate of drug-likeness (QED) is 0.633. The lowest BCUT2D eigenvalue weighted by molar-refractivity contribution is -0.218. The van der Waals surface area contributed by atoms with Gasteiger partial charge in [0.2, 0.25) is 5.91 Å². The van der Waals surface area contributed by atoms with E-state index in [0.29, 0.717) is 5.75 Å². The first kappa shape index (κ1) is 22.0. The second-order valence-electron chi connectivity index (χ2n) is 13.0. The molecule has 3 heterocycles. The van der Waals surface area contributed by atoms with Gasteiger partial charge in [0.25, 0.3) is 0 Å². The van der Waals surface area contributed by atoms with Gasteiger partial charge in [-0.1, -0.05) is 11.6 Å². The number of aromatic hydroxyl groups is 1. The van der Waals surface area contributed by atoms with Crippen LogP contribution in [0.1, 0.15) is 75.3 Å². The zero-order valence-corrected chi connectivity index (χ0v) is 21.2. The zero-order chi connectivity index (χ0) is 24.3. The number of carbonyl (C=O) groups excluding carboxylic acids is 1. The van der Waals surface area contributed by atoms with E-state index in [1.165, 1.54) is 30.4 Å². The van der Waals surface area contributed by atoms with Crippen molar-refractivity contribution in [2.75, 3.05) is 26.2 Å². The monoisotopic (exact) mass is 490 g/mol. The van der Waals surface area contributed by atoms with Crippen LogP contribution in [0.25, 0.3) is 0 Å². The number of carbonyl (C=O) groups is 1. The normalized spacial score (nSPS) is 41.7. The molecule has 6 heteroatoms. The smallest absolute Gasteiger partial charge is 0.246 e. The summed E-state index contributed by atoms with van der Waals surface area (Å²) in [4.78, 5) is 17.9. The predicted octanol–water partition coefficient (Wildman–Crippen LogP) is 3.68. The molecule has 0 unspecified atom stereocenters. The molecule has 1 aromatic carbocycles. The van der Waals surface area contributed by atoms with E-state index < -0.39 is 11.0 Å². The van der Waals surface area contributed by atoms with Crippen molar-refractivity contribution < 1.29 is 19.7 Å². The fraction of sp³-hybridized carbons (Fsp3) is 0.700. The van der Waals surface area contributed by atoms with Crippen LogP contribution in [0.3, 0.4) is 0 Å². The number of aliphatic hydroxyl groups is 1. The van der Waals surface area contributed by atoms with Crippen LogP contribution < -0.4 is 4.74 Å². The van der Waals surface area contributed by atoms with Gasteiger partial charge in [0, 0.05) is 42.7 Å². The van der Waals surface area contributed by atoms with Crippen LogP contribution in [0.2, 0.25) is 0 Å². The minimum absolute atomic E-state index is 0.0979. The van der Waals surface area contributed by atoms with Crippen molar-refractivity contribution in [3.8, 4) is 11.5 Å². The molecule has 36 heavy (non-hydrogen) atoms. The summed E-state index contributed by atoms with van der Waals surface area (Å²) >= 11 is 0. The highest BCUT2D eigenvalue weighted by atomic mass is 16.5. The molecule has 4 aliphatic carbocycles. The van der Waals surface area contributed by atoms with Gasteiger partial charge in [-0.25, -0.2) is 0 Å². The fourth-order valence-electron chi connectivity index (χ4n) is 9.35. The van der Waals surface area contributed by atoms with E-state index in [4.69, 9.17) is 4.74 Å². The van der Waals surface area contributed by atoms with Crippen molar-refractivity contribution in [2.24, 2.45) is 11.3 Å². The van der Waals surface area contributed by atoms with E-state index >= 15 is 0 Å². The average molecular weight is 491 g/mol. The first-order valence-electron chi connectivity index (χ1n) is 14.4. The number of fused-ring (bicyclic) bond motifs is 1. The molecule has 3 saturated carbocycles. The molecular weight excluding hydrogens is 452 g/mol. The largest absolute Gasteiger partial charge is 0.504 e. The van der Waals surface area contributed by atoms with Gasteiger partial charge in [0.1, 0.15) is 6.10 Å². The highest BCUT2D eigenvalue weighted by Gasteiger charge is 2.77. The maximum Gasteiger partial charge on any atom is 0.246 e. The van der Waals surface area contributed by atoms with Gasteiger partial charge in [-0.05, 0) is 94.7 Å². The van der Waals surface area contributed by atoms with Crippen molar-refractivity contribution in [2.45, 2.75) is 93.8 Å². The van der Waals surface area contributed by atoms with Crippen molar-refractivity contribution in [3.63, 3.8) is 0 Å². The van der Waals surface area contributed by atoms with Gasteiger partial charge < -0.3 is 19.8 Å². The molecule has 2 N–H and O–H groups in total. The number of ether oxygens (including phenoxy) is 1. The van der Waals surface area contributed by atoms with Crippen LogP contribution in [0.5, 0.6) is 11.5 Å². The number of likely N-dealkylation sites (tertiary alicyclic amines) is 2. The summed E-state index contributed by atoms with van der Waals surface area (Å²) in [7, 11) is 0. The Balaban J connectivity index is 1.23. The fourth-order valence-corrected chi connectivity index (χ4v) is 9.35. The summed E-state index contributed by atoms with van der Waals surface area (Å²) < 4.78 is 6.82. The third kappa shape index (κ3) is 2.63. The van der Waals surface area contributed by atoms with Gasteiger partial charge in [0.15, 0.2) is 11.5 Å². The lowest BCUT2D eigenvalue weighted by atomic mass is 9.40. The predicted molar refractivity (Wildman–Crippen MR) is 135 cm³/mol. The number of phenols is 1. The molecule has 3 aliphatic heterocycles. The Kier molecular flexibility index (Phi) is 4.45. The van der Waals surface area contributed by atoms with Crippen LogP contribution in [0, 0.1) is 11.3 Å². The number of rotatable bonds is 3. The van der Waals surface area contributed by atoms with E-state index in [2.05, 4.69) is 11.0 Å². The van der Waals surface area contributed by atoms with Gasteiger partial charge in [0.05, 0.1) is 11.0 Å². The Hall–Kier alpha value is -2.05. The average Bonchev–Trinajstić information content (AvgIpc) is 3.62. The molecule has 5 fully saturated rings. The molecule has 2 spiro atoms. The summed E-state index contributed by atoms with van der Waals surface area (Å²) in [6, 6.07) is 3.96. The van der Waals surface area contributed by atoms with Gasteiger partial charge >= 0.3 is 0 Å². The maximum atomic E-state index is 13.3. The summed E-state index contributed by atoms with van der Waals surface area (Å²) in [6.07, 6.45) is 13.0. The first-order chi connectivity index (χ1) is 17.5. The Morgan fingerprint density at radius 1 is 1.08 bits per heavy atom. The molecule has 1 aromatic rings. The molecule has 192 valence electrons. The number of phenolic OH excluding ortho intramolecular Hbond substituents is 1. The van der Waals surface area contributed by atoms with Crippen molar-refractivity contribution in [3.05, 3.63) is 34.9 Å². The summed E-state index contributed by atoms with van der Waals surface area (Å²) in [6.45, 7) is 3.79. The standard InChI is InChI=1S/C30H38N2O4/c33-22-7-6-20-16-23-30(35)11-10-28(9-8-21(28)17-24(34)31-13-2-1-3-14-31)27-29(30,25(20)26(22)36-27)12-15-32(23)18-19-4-5-19/h6-7,17,19,23,27,33,35H,1-5,8-16,18H2/b21-17+/t23-,27+,28+,29+,30-/m1/s1. The molecule has 6 nitrogen and oxygen atoms in total. The molecule has 5 atom stereocenters. The van der Waals surface area contributed by atoms with Gasteiger partial charge in [-0.15, -0.1) is 0 Å². The highest BCUT2D eigenvalue weighted by molar-refractivity contribution is 5.89. The number of hydrogen-bond donors (Lipinski definition) is 2. The van der Waals surface area contributed by atoms with E-state index in [9.17, 15) is 15.0 Å². The Labute approximate surface area is 213 Å². The number of piperidine rings is 2. The molecule has 1 amide bonds. The van der Waals surface area contributed by atoms with Crippen molar-refractivity contribution in [1.29, 1.82) is 0 Å². The Morgan fingerprint density at radius 3 is 2.67 bits per heavy atom. The van der Waals surface area contributed by atoms with E-state index in [0.717, 1.165) is 89.0 Å². The van der Waals surface area contributed by atoms with E-state index in [1.807, 2.05) is 11.0 Å². The van der Waals surface area contributed by atoms with Crippen LogP contribution in [0.4, 0.5) is 0 Å².